The molecule has 1 aliphatic heterocycles. The molecule has 10 heteroatoms. The third-order valence-corrected chi connectivity index (χ3v) is 3.37. The van der Waals surface area contributed by atoms with Crippen LogP contribution < -0.4 is 0 Å². The molecule has 1 N–H and O–H groups in total. The summed E-state index contributed by atoms with van der Waals surface area (Å²) in [6.45, 7) is 0.928. The minimum absolute atomic E-state index is 0.152. The smallest absolute Gasteiger partial charge is 0.409 e. The van der Waals surface area contributed by atoms with E-state index < -0.39 is 48.7 Å². The van der Waals surface area contributed by atoms with Gasteiger partial charge in [-0.05, 0) is 18.8 Å². The molecule has 2 unspecified atom stereocenters. The molecule has 122 valence electrons. The number of aliphatic carboxylic acids is 1. The van der Waals surface area contributed by atoms with Crippen LogP contribution in [0.5, 0.6) is 0 Å². The third-order valence-electron chi connectivity index (χ3n) is 3.37. The summed E-state index contributed by atoms with van der Waals surface area (Å²) in [6, 6.07) is -1.68. The van der Waals surface area contributed by atoms with Crippen LogP contribution in [0.15, 0.2) is 0 Å². The van der Waals surface area contributed by atoms with Gasteiger partial charge in [0.25, 0.3) is 0 Å². The normalized spacial score (nSPS) is 24.3. The van der Waals surface area contributed by atoms with Crippen molar-refractivity contribution in [1.82, 2.24) is 4.90 Å². The number of nitrogens with zero attached hydrogens (tertiary/aromatic N) is 1. The molecule has 0 radical (unpaired) electrons. The Morgan fingerprint density at radius 1 is 1.14 bits per heavy atom. The molecule has 0 aliphatic carbocycles. The predicted molar refractivity (Wildman–Crippen MR) is 57.1 cm³/mol. The number of carboxylic acid groups (broad SMARTS) is 1. The van der Waals surface area contributed by atoms with Crippen molar-refractivity contribution in [3.05, 3.63) is 0 Å². The lowest BCUT2D eigenvalue weighted by atomic mass is 9.89. The maximum absolute atomic E-state index is 12.5. The number of alkyl halides is 6. The lowest BCUT2D eigenvalue weighted by Crippen LogP contribution is -2.58. The molecule has 1 aliphatic rings. The summed E-state index contributed by atoms with van der Waals surface area (Å²) < 4.78 is 75.2. The highest BCUT2D eigenvalue weighted by molar-refractivity contribution is 5.86. The topological polar surface area (TPSA) is 57.6 Å². The van der Waals surface area contributed by atoms with Crippen LogP contribution in [0.3, 0.4) is 0 Å². The Kier molecular flexibility index (Phi) is 4.79. The maximum atomic E-state index is 12.5. The summed E-state index contributed by atoms with van der Waals surface area (Å²) in [5, 5.41) is 8.96. The Morgan fingerprint density at radius 2 is 1.62 bits per heavy atom. The van der Waals surface area contributed by atoms with Crippen LogP contribution in [0.2, 0.25) is 0 Å². The van der Waals surface area contributed by atoms with Gasteiger partial charge in [-0.25, -0.2) is 4.79 Å². The van der Waals surface area contributed by atoms with Crippen LogP contribution in [0.25, 0.3) is 0 Å². The molecule has 0 saturated carbocycles. The Morgan fingerprint density at radius 3 is 2.00 bits per heavy atom. The Balaban J connectivity index is 3.16. The van der Waals surface area contributed by atoms with Crippen molar-refractivity contribution in [2.24, 2.45) is 11.8 Å². The number of piperidine rings is 1. The SMILES string of the molecule is CC1CCCN(C(=O)C(C(F)(F)F)C(F)(F)F)C1C(=O)O. The first-order valence-electron chi connectivity index (χ1n) is 6.04. The van der Waals surface area contributed by atoms with E-state index in [-0.39, 0.29) is 11.3 Å². The summed E-state index contributed by atoms with van der Waals surface area (Å²) in [4.78, 5) is 22.9. The summed E-state index contributed by atoms with van der Waals surface area (Å²) in [5.41, 5.74) is 0. The van der Waals surface area contributed by atoms with E-state index in [4.69, 9.17) is 5.11 Å². The molecule has 0 bridgehead atoms. The number of hydrogen-bond donors (Lipinski definition) is 1. The maximum Gasteiger partial charge on any atom is 0.409 e. The van der Waals surface area contributed by atoms with Gasteiger partial charge in [-0.2, -0.15) is 26.3 Å². The van der Waals surface area contributed by atoms with Gasteiger partial charge < -0.3 is 10.0 Å². The largest absolute Gasteiger partial charge is 0.480 e. The zero-order valence-electron chi connectivity index (χ0n) is 10.8. The molecule has 0 aromatic carbocycles. The van der Waals surface area contributed by atoms with Crippen molar-refractivity contribution in [2.45, 2.75) is 38.2 Å². The van der Waals surface area contributed by atoms with E-state index in [0.717, 1.165) is 0 Å². The molecule has 2 atom stereocenters. The van der Waals surface area contributed by atoms with Gasteiger partial charge in [0.2, 0.25) is 11.8 Å². The number of hydrogen-bond acceptors (Lipinski definition) is 2. The number of carboxylic acids is 1. The van der Waals surface area contributed by atoms with Gasteiger partial charge in [0.15, 0.2) is 0 Å². The number of carbonyl (C=O) groups excluding carboxylic acids is 1. The van der Waals surface area contributed by atoms with Gasteiger partial charge in [0.05, 0.1) is 0 Å². The molecule has 1 heterocycles. The number of carbonyl (C=O) groups is 2. The molecule has 4 nitrogen and oxygen atoms in total. The molecule has 0 aromatic heterocycles. The summed E-state index contributed by atoms with van der Waals surface area (Å²) in [5.74, 6) is -8.79. The quantitative estimate of drug-likeness (QED) is 0.795. The van der Waals surface area contributed by atoms with Crippen molar-refractivity contribution in [1.29, 1.82) is 0 Å². The van der Waals surface area contributed by atoms with Gasteiger partial charge >= 0.3 is 18.3 Å². The number of likely N-dealkylation sites (tertiary alicyclic amines) is 1. The molecular formula is C11H13F6NO3. The van der Waals surface area contributed by atoms with E-state index in [0.29, 0.717) is 6.42 Å². The first kappa shape index (κ1) is 17.6. The number of amides is 1. The second-order valence-electron chi connectivity index (χ2n) is 4.95. The van der Waals surface area contributed by atoms with Crippen molar-refractivity contribution in [3.8, 4) is 0 Å². The molecule has 0 spiro atoms. The van der Waals surface area contributed by atoms with Gasteiger partial charge in [0, 0.05) is 6.54 Å². The highest BCUT2D eigenvalue weighted by Crippen LogP contribution is 2.41. The second kappa shape index (κ2) is 5.72. The molecule has 1 amide bonds. The molecule has 21 heavy (non-hydrogen) atoms. The van der Waals surface area contributed by atoms with E-state index in [9.17, 15) is 35.9 Å². The van der Waals surface area contributed by atoms with Gasteiger partial charge in [-0.3, -0.25) is 4.79 Å². The zero-order valence-corrected chi connectivity index (χ0v) is 10.8. The molecular weight excluding hydrogens is 308 g/mol. The minimum Gasteiger partial charge on any atom is -0.480 e. The average Bonchev–Trinajstić information content (AvgIpc) is 2.23. The van der Waals surface area contributed by atoms with Crippen molar-refractivity contribution in [3.63, 3.8) is 0 Å². The highest BCUT2D eigenvalue weighted by Gasteiger charge is 2.63. The highest BCUT2D eigenvalue weighted by atomic mass is 19.4. The van der Waals surface area contributed by atoms with E-state index in [1.807, 2.05) is 0 Å². The van der Waals surface area contributed by atoms with Gasteiger partial charge in [0.1, 0.15) is 6.04 Å². The first-order valence-corrected chi connectivity index (χ1v) is 6.04. The fourth-order valence-electron chi connectivity index (χ4n) is 2.44. The van der Waals surface area contributed by atoms with Crippen LogP contribution in [0, 0.1) is 11.8 Å². The summed E-state index contributed by atoms with van der Waals surface area (Å²) in [7, 11) is 0. The predicted octanol–water partition coefficient (Wildman–Crippen LogP) is 2.44. The van der Waals surface area contributed by atoms with Crippen molar-refractivity contribution >= 4 is 11.9 Å². The minimum atomic E-state index is -5.82. The Labute approximate surface area is 115 Å². The fourth-order valence-corrected chi connectivity index (χ4v) is 2.44. The monoisotopic (exact) mass is 321 g/mol. The number of rotatable bonds is 2. The van der Waals surface area contributed by atoms with E-state index in [1.54, 1.807) is 0 Å². The number of halogens is 6. The molecule has 1 fully saturated rings. The van der Waals surface area contributed by atoms with Gasteiger partial charge in [-0.15, -0.1) is 0 Å². The van der Waals surface area contributed by atoms with Crippen LogP contribution in [-0.4, -0.2) is 46.8 Å². The second-order valence-corrected chi connectivity index (χ2v) is 4.95. The van der Waals surface area contributed by atoms with Crippen LogP contribution >= 0.6 is 0 Å². The summed E-state index contributed by atoms with van der Waals surface area (Å²) in [6.07, 6.45) is -11.2. The zero-order chi connectivity index (χ0) is 16.6. The molecule has 1 saturated heterocycles. The molecule has 0 aromatic rings. The van der Waals surface area contributed by atoms with E-state index >= 15 is 0 Å². The lowest BCUT2D eigenvalue weighted by molar-refractivity contribution is -0.278. The average molecular weight is 321 g/mol. The van der Waals surface area contributed by atoms with E-state index in [1.165, 1.54) is 6.92 Å². The molecule has 1 rings (SSSR count). The Hall–Kier alpha value is -1.48. The first-order chi connectivity index (χ1) is 9.37. The third kappa shape index (κ3) is 3.79. The van der Waals surface area contributed by atoms with E-state index in [2.05, 4.69) is 0 Å². The van der Waals surface area contributed by atoms with Gasteiger partial charge in [-0.1, -0.05) is 6.92 Å². The standard InChI is InChI=1S/C11H13F6NO3/c1-5-3-2-4-18(6(5)9(20)21)8(19)7(10(12,13)14)11(15,16)17/h5-7H,2-4H2,1H3,(H,20,21). The fraction of sp³-hybridized carbons (Fsp3) is 0.818. The van der Waals surface area contributed by atoms with Crippen LogP contribution in [-0.2, 0) is 9.59 Å². The Bertz CT molecular complexity index is 405. The van der Waals surface area contributed by atoms with Crippen molar-refractivity contribution in [2.75, 3.05) is 6.54 Å². The van der Waals surface area contributed by atoms with Crippen LogP contribution in [0.1, 0.15) is 19.8 Å². The van der Waals surface area contributed by atoms with Crippen molar-refractivity contribution < 1.29 is 41.0 Å². The lowest BCUT2D eigenvalue weighted by Gasteiger charge is -2.39. The van der Waals surface area contributed by atoms with Crippen LogP contribution in [0.4, 0.5) is 26.3 Å². The summed E-state index contributed by atoms with van der Waals surface area (Å²) >= 11 is 0.